The second kappa shape index (κ2) is 7.41. The lowest BCUT2D eigenvalue weighted by Crippen LogP contribution is -1.86. The minimum absolute atomic E-state index is 0.850. The average Bonchev–Trinajstić information content (AvgIpc) is 2.97. The number of nitrogens with zero attached hydrogens (tertiary/aromatic N) is 1. The molecule has 118 valence electrons. The van der Waals surface area contributed by atoms with E-state index in [1.807, 2.05) is 25.1 Å². The minimum atomic E-state index is 0.850. The number of hydrogen-bond acceptors (Lipinski definition) is 2. The summed E-state index contributed by atoms with van der Waals surface area (Å²) in [6.07, 6.45) is 5.79. The number of aryl methyl sites for hydroxylation is 1. The normalized spacial score (nSPS) is 11.8. The summed E-state index contributed by atoms with van der Waals surface area (Å²) in [6.45, 7) is 4.24. The van der Waals surface area contributed by atoms with Crippen LogP contribution in [0, 0.1) is 18.8 Å². The van der Waals surface area contributed by atoms with Gasteiger partial charge in [-0.3, -0.25) is 0 Å². The van der Waals surface area contributed by atoms with Gasteiger partial charge in [0.1, 0.15) is 0 Å². The topological polar surface area (TPSA) is 12.4 Å². The number of benzene rings is 2. The van der Waals surface area contributed by atoms with Crippen LogP contribution in [0.3, 0.4) is 0 Å². The Labute approximate surface area is 149 Å². The predicted octanol–water partition coefficient (Wildman–Crippen LogP) is 5.87. The number of fused-ring (bicyclic) bond motifs is 1. The Morgan fingerprint density at radius 1 is 1.08 bits per heavy atom. The number of isothiocyanates is 1. The number of thiocarbonyl (C=S) groups is 1. The van der Waals surface area contributed by atoms with Crippen LogP contribution >= 0.6 is 12.2 Å². The fourth-order valence-electron chi connectivity index (χ4n) is 3.03. The maximum atomic E-state index is 4.66. The molecule has 0 aromatic heterocycles. The van der Waals surface area contributed by atoms with Gasteiger partial charge in [-0.25, -0.2) is 0 Å². The Bertz CT molecular complexity index is 919. The van der Waals surface area contributed by atoms with Gasteiger partial charge in [0.25, 0.3) is 0 Å². The van der Waals surface area contributed by atoms with E-state index in [0.29, 0.717) is 0 Å². The van der Waals surface area contributed by atoms with E-state index >= 15 is 0 Å². The molecule has 0 unspecified atom stereocenters. The molecule has 0 aliphatic heterocycles. The molecule has 2 aromatic rings. The summed E-state index contributed by atoms with van der Waals surface area (Å²) in [5.41, 5.74) is 8.24. The summed E-state index contributed by atoms with van der Waals surface area (Å²) in [6, 6.07) is 12.5. The third-order valence-electron chi connectivity index (χ3n) is 4.21. The SMILES string of the molecule is CCCC1=Cc2ccc(C#Cc3ccc(N=C=S)c(C)c3)cc2C1. The molecule has 0 atom stereocenters. The smallest absolute Gasteiger partial charge is 0.0769 e. The zero-order valence-corrected chi connectivity index (χ0v) is 14.8. The van der Waals surface area contributed by atoms with Crippen LogP contribution in [0.5, 0.6) is 0 Å². The van der Waals surface area contributed by atoms with Crippen LogP contribution in [-0.2, 0) is 6.42 Å². The molecule has 0 heterocycles. The van der Waals surface area contributed by atoms with Crippen LogP contribution in [0.4, 0.5) is 5.69 Å². The van der Waals surface area contributed by atoms with Crippen LogP contribution in [0.15, 0.2) is 47.0 Å². The van der Waals surface area contributed by atoms with Gasteiger partial charge in [-0.05, 0) is 79.0 Å². The fraction of sp³-hybridized carbons (Fsp3) is 0.227. The largest absolute Gasteiger partial charge is 0.194 e. The van der Waals surface area contributed by atoms with E-state index in [9.17, 15) is 0 Å². The molecule has 0 N–H and O–H groups in total. The summed E-state index contributed by atoms with van der Waals surface area (Å²) < 4.78 is 0. The highest BCUT2D eigenvalue weighted by Crippen LogP contribution is 2.28. The standard InChI is InChI=1S/C22H19NS/c1-3-4-19-13-20-9-7-18(12-21(20)14-19)6-5-17-8-10-22(23-15-24)16(2)11-17/h7-13H,3-4,14H2,1-2H3. The second-order valence-corrected chi connectivity index (χ2v) is 6.28. The highest BCUT2D eigenvalue weighted by molar-refractivity contribution is 7.78. The number of aliphatic imine (C=N–C) groups is 1. The Hall–Kier alpha value is -2.46. The van der Waals surface area contributed by atoms with Crippen LogP contribution in [0.2, 0.25) is 0 Å². The van der Waals surface area contributed by atoms with Crippen molar-refractivity contribution in [3.8, 4) is 11.8 Å². The number of rotatable bonds is 3. The summed E-state index contributed by atoms with van der Waals surface area (Å²) in [7, 11) is 0. The Morgan fingerprint density at radius 2 is 1.83 bits per heavy atom. The van der Waals surface area contributed by atoms with E-state index in [-0.39, 0.29) is 0 Å². The maximum Gasteiger partial charge on any atom is 0.0769 e. The lowest BCUT2D eigenvalue weighted by Gasteiger charge is -2.01. The Morgan fingerprint density at radius 3 is 2.54 bits per heavy atom. The molecule has 0 radical (unpaired) electrons. The molecule has 0 fully saturated rings. The van der Waals surface area contributed by atoms with Crippen molar-refractivity contribution in [3.63, 3.8) is 0 Å². The molecule has 2 heteroatoms. The molecule has 0 amide bonds. The highest BCUT2D eigenvalue weighted by Gasteiger charge is 2.11. The maximum absolute atomic E-state index is 4.66. The number of hydrogen-bond donors (Lipinski definition) is 0. The highest BCUT2D eigenvalue weighted by atomic mass is 32.1. The van der Waals surface area contributed by atoms with Crippen molar-refractivity contribution < 1.29 is 0 Å². The monoisotopic (exact) mass is 329 g/mol. The zero-order chi connectivity index (χ0) is 16.9. The van der Waals surface area contributed by atoms with Gasteiger partial charge in [0.05, 0.1) is 10.8 Å². The first kappa shape index (κ1) is 16.4. The fourth-order valence-corrected chi connectivity index (χ4v) is 3.13. The summed E-state index contributed by atoms with van der Waals surface area (Å²) >= 11 is 4.66. The van der Waals surface area contributed by atoms with Gasteiger partial charge in [-0.1, -0.05) is 42.9 Å². The quantitative estimate of drug-likeness (QED) is 0.390. The van der Waals surface area contributed by atoms with Crippen LogP contribution in [-0.4, -0.2) is 5.16 Å². The minimum Gasteiger partial charge on any atom is -0.194 e. The molecule has 0 saturated heterocycles. The summed E-state index contributed by atoms with van der Waals surface area (Å²) in [4.78, 5) is 4.04. The van der Waals surface area contributed by atoms with Crippen molar-refractivity contribution in [2.24, 2.45) is 4.99 Å². The predicted molar refractivity (Wildman–Crippen MR) is 105 cm³/mol. The first-order valence-electron chi connectivity index (χ1n) is 8.22. The van der Waals surface area contributed by atoms with Crippen molar-refractivity contribution in [3.05, 3.63) is 69.8 Å². The molecule has 1 aliphatic carbocycles. The van der Waals surface area contributed by atoms with Crippen molar-refractivity contribution in [1.29, 1.82) is 0 Å². The van der Waals surface area contributed by atoms with Crippen molar-refractivity contribution in [2.75, 3.05) is 0 Å². The lowest BCUT2D eigenvalue weighted by atomic mass is 10.0. The molecule has 1 nitrogen and oxygen atoms in total. The molecule has 3 rings (SSSR count). The third kappa shape index (κ3) is 3.71. The van der Waals surface area contributed by atoms with E-state index in [2.05, 4.69) is 65.4 Å². The lowest BCUT2D eigenvalue weighted by molar-refractivity contribution is 0.886. The van der Waals surface area contributed by atoms with E-state index in [0.717, 1.165) is 28.8 Å². The Kier molecular flexibility index (Phi) is 5.06. The van der Waals surface area contributed by atoms with Gasteiger partial charge in [0.15, 0.2) is 0 Å². The zero-order valence-electron chi connectivity index (χ0n) is 14.0. The Balaban J connectivity index is 1.80. The third-order valence-corrected chi connectivity index (χ3v) is 4.30. The molecule has 0 spiro atoms. The van der Waals surface area contributed by atoms with E-state index in [1.54, 1.807) is 0 Å². The van der Waals surface area contributed by atoms with Crippen LogP contribution < -0.4 is 0 Å². The summed E-state index contributed by atoms with van der Waals surface area (Å²) in [5.74, 6) is 6.52. The molecule has 2 aromatic carbocycles. The van der Waals surface area contributed by atoms with Crippen molar-refractivity contribution in [1.82, 2.24) is 0 Å². The average molecular weight is 329 g/mol. The van der Waals surface area contributed by atoms with Crippen LogP contribution in [0.25, 0.3) is 6.08 Å². The molecular formula is C22H19NS. The van der Waals surface area contributed by atoms with E-state index < -0.39 is 0 Å². The second-order valence-electron chi connectivity index (χ2n) is 6.10. The van der Waals surface area contributed by atoms with Gasteiger partial charge < -0.3 is 0 Å². The van der Waals surface area contributed by atoms with Crippen molar-refractivity contribution >= 4 is 29.1 Å². The van der Waals surface area contributed by atoms with Gasteiger partial charge in [0, 0.05) is 11.1 Å². The van der Waals surface area contributed by atoms with Gasteiger partial charge >= 0.3 is 0 Å². The molecule has 1 aliphatic rings. The number of allylic oxidation sites excluding steroid dienone is 1. The molecule has 0 bridgehead atoms. The molecular weight excluding hydrogens is 310 g/mol. The molecule has 24 heavy (non-hydrogen) atoms. The van der Waals surface area contributed by atoms with E-state index in [4.69, 9.17) is 0 Å². The van der Waals surface area contributed by atoms with E-state index in [1.165, 1.54) is 29.5 Å². The van der Waals surface area contributed by atoms with Gasteiger partial charge in [-0.15, -0.1) is 0 Å². The molecule has 0 saturated carbocycles. The first-order valence-corrected chi connectivity index (χ1v) is 8.63. The van der Waals surface area contributed by atoms with Crippen LogP contribution in [0.1, 0.15) is 47.6 Å². The summed E-state index contributed by atoms with van der Waals surface area (Å²) in [5, 5.41) is 2.41. The first-order chi connectivity index (χ1) is 11.7. The van der Waals surface area contributed by atoms with Crippen molar-refractivity contribution in [2.45, 2.75) is 33.1 Å². The van der Waals surface area contributed by atoms with Gasteiger partial charge in [-0.2, -0.15) is 4.99 Å². The van der Waals surface area contributed by atoms with Gasteiger partial charge in [0.2, 0.25) is 0 Å².